The zero-order valence-electron chi connectivity index (χ0n) is 15.4. The van der Waals surface area contributed by atoms with Gasteiger partial charge in [-0.1, -0.05) is 12.1 Å². The minimum absolute atomic E-state index is 0.0693. The quantitative estimate of drug-likeness (QED) is 0.869. The molecule has 1 N–H and O–H groups in total. The topological polar surface area (TPSA) is 58.2 Å². The predicted molar refractivity (Wildman–Crippen MR) is 95.7 cm³/mol. The van der Waals surface area contributed by atoms with Crippen molar-refractivity contribution in [3.63, 3.8) is 0 Å². The zero-order chi connectivity index (χ0) is 19.7. The number of carbonyl (C=O) groups is 1. The molecule has 4 rings (SSSR count). The van der Waals surface area contributed by atoms with Crippen LogP contribution in [0.5, 0.6) is 0 Å². The molecule has 0 spiro atoms. The third-order valence-electron chi connectivity index (χ3n) is 5.47. The average Bonchev–Trinajstić information content (AvgIpc) is 3.10. The maximum atomic E-state index is 13.0. The minimum atomic E-state index is -4.40. The maximum Gasteiger partial charge on any atom is 0.416 e. The highest BCUT2D eigenvalue weighted by Gasteiger charge is 2.32. The number of fused-ring (bicyclic) bond motifs is 1. The number of nitrogens with zero attached hydrogens (tertiary/aromatic N) is 2. The van der Waals surface area contributed by atoms with Crippen molar-refractivity contribution in [1.29, 1.82) is 0 Å². The molecule has 1 aromatic carbocycles. The Labute approximate surface area is 160 Å². The Balaban J connectivity index is 1.45. The minimum Gasteiger partial charge on any atom is -0.370 e. The summed E-state index contributed by atoms with van der Waals surface area (Å²) in [6.07, 6.45) is -0.627. The lowest BCUT2D eigenvalue weighted by Gasteiger charge is -2.33. The molecule has 2 heterocycles. The highest BCUT2D eigenvalue weighted by atomic mass is 19.4. The Morgan fingerprint density at radius 3 is 2.93 bits per heavy atom. The van der Waals surface area contributed by atoms with Crippen molar-refractivity contribution >= 4 is 5.91 Å². The van der Waals surface area contributed by atoms with E-state index >= 15 is 0 Å². The average molecular weight is 393 g/mol. The number of hydrogen-bond acceptors (Lipinski definition) is 3. The van der Waals surface area contributed by atoms with Crippen LogP contribution in [0.3, 0.4) is 0 Å². The molecule has 2 aromatic rings. The Bertz CT molecular complexity index is 863. The smallest absolute Gasteiger partial charge is 0.370 e. The summed E-state index contributed by atoms with van der Waals surface area (Å²) in [6, 6.07) is 5.12. The van der Waals surface area contributed by atoms with Crippen LogP contribution in [0, 0.1) is 0 Å². The van der Waals surface area contributed by atoms with Crippen LogP contribution in [0.15, 0.2) is 24.3 Å². The summed E-state index contributed by atoms with van der Waals surface area (Å²) in [6.45, 7) is 0.971. The molecule has 2 aliphatic rings. The molecule has 1 unspecified atom stereocenters. The van der Waals surface area contributed by atoms with Gasteiger partial charge in [0.2, 0.25) is 5.91 Å². The van der Waals surface area contributed by atoms with E-state index in [-0.39, 0.29) is 18.9 Å². The van der Waals surface area contributed by atoms with Gasteiger partial charge in [-0.3, -0.25) is 9.89 Å². The number of benzene rings is 1. The van der Waals surface area contributed by atoms with Crippen LogP contribution in [0.25, 0.3) is 0 Å². The summed E-state index contributed by atoms with van der Waals surface area (Å²) in [7, 11) is 0. The van der Waals surface area contributed by atoms with E-state index in [1.54, 1.807) is 11.0 Å². The molecule has 0 saturated carbocycles. The molecule has 1 aliphatic carbocycles. The number of carbonyl (C=O) groups excluding carboxylic acids is 1. The number of hydrogen-bond donors (Lipinski definition) is 1. The van der Waals surface area contributed by atoms with E-state index < -0.39 is 17.8 Å². The van der Waals surface area contributed by atoms with E-state index in [9.17, 15) is 18.0 Å². The van der Waals surface area contributed by atoms with Crippen molar-refractivity contribution in [3.05, 3.63) is 52.3 Å². The predicted octanol–water partition coefficient (Wildman–Crippen LogP) is 3.45. The van der Waals surface area contributed by atoms with E-state index in [1.165, 1.54) is 6.07 Å². The number of amides is 1. The second kappa shape index (κ2) is 7.58. The number of aromatic nitrogens is 2. The molecular weight excluding hydrogens is 371 g/mol. The van der Waals surface area contributed by atoms with E-state index in [0.29, 0.717) is 18.7 Å². The second-order valence-corrected chi connectivity index (χ2v) is 7.33. The van der Waals surface area contributed by atoms with Crippen molar-refractivity contribution in [3.8, 4) is 0 Å². The van der Waals surface area contributed by atoms with E-state index in [1.807, 2.05) is 0 Å². The van der Waals surface area contributed by atoms with Crippen LogP contribution in [-0.4, -0.2) is 40.7 Å². The van der Waals surface area contributed by atoms with E-state index in [0.717, 1.165) is 54.8 Å². The lowest BCUT2D eigenvalue weighted by molar-refractivity contribution is -0.140. The third kappa shape index (κ3) is 3.92. The highest BCUT2D eigenvalue weighted by molar-refractivity contribution is 5.79. The fraction of sp³-hybridized carbons (Fsp3) is 0.500. The first-order chi connectivity index (χ1) is 13.4. The Morgan fingerprint density at radius 1 is 1.29 bits per heavy atom. The molecule has 0 bridgehead atoms. The summed E-state index contributed by atoms with van der Waals surface area (Å²) in [5.41, 5.74) is 2.80. The van der Waals surface area contributed by atoms with Crippen molar-refractivity contribution in [1.82, 2.24) is 15.1 Å². The monoisotopic (exact) mass is 393 g/mol. The molecule has 1 amide bonds. The molecule has 1 saturated heterocycles. The van der Waals surface area contributed by atoms with Crippen LogP contribution < -0.4 is 0 Å². The number of halogens is 3. The largest absolute Gasteiger partial charge is 0.416 e. The van der Waals surface area contributed by atoms with Gasteiger partial charge in [-0.2, -0.15) is 18.3 Å². The first-order valence-electron chi connectivity index (χ1n) is 9.53. The zero-order valence-corrected chi connectivity index (χ0v) is 15.4. The molecular formula is C20H22F3N3O2. The summed E-state index contributed by atoms with van der Waals surface area (Å²) < 4.78 is 44.6. The highest BCUT2D eigenvalue weighted by Crippen LogP contribution is 2.32. The summed E-state index contributed by atoms with van der Waals surface area (Å²) in [5, 5.41) is 7.36. The van der Waals surface area contributed by atoms with Gasteiger partial charge >= 0.3 is 6.18 Å². The van der Waals surface area contributed by atoms with Crippen LogP contribution in [0.4, 0.5) is 13.2 Å². The van der Waals surface area contributed by atoms with Crippen molar-refractivity contribution in [2.45, 2.75) is 44.4 Å². The van der Waals surface area contributed by atoms with E-state index in [4.69, 9.17) is 4.74 Å². The fourth-order valence-electron chi connectivity index (χ4n) is 3.94. The van der Waals surface area contributed by atoms with Gasteiger partial charge in [-0.15, -0.1) is 0 Å². The Morgan fingerprint density at radius 2 is 2.11 bits per heavy atom. The van der Waals surface area contributed by atoms with Gasteiger partial charge in [0.05, 0.1) is 30.8 Å². The molecule has 28 heavy (non-hydrogen) atoms. The van der Waals surface area contributed by atoms with Gasteiger partial charge in [-0.25, -0.2) is 0 Å². The normalized spacial score (nSPS) is 20.1. The SMILES string of the molecule is O=C(Cc1n[nH]c2c1CCCC2)N1CCOC(c2cccc(C(F)(F)F)c2)C1. The van der Waals surface area contributed by atoms with Gasteiger partial charge < -0.3 is 9.64 Å². The summed E-state index contributed by atoms with van der Waals surface area (Å²) in [4.78, 5) is 14.5. The van der Waals surface area contributed by atoms with E-state index in [2.05, 4.69) is 10.2 Å². The van der Waals surface area contributed by atoms with Crippen LogP contribution in [0.2, 0.25) is 0 Å². The van der Waals surface area contributed by atoms with Crippen molar-refractivity contribution in [2.24, 2.45) is 0 Å². The molecule has 150 valence electrons. The molecule has 1 aromatic heterocycles. The number of nitrogens with one attached hydrogen (secondary N) is 1. The molecule has 8 heteroatoms. The van der Waals surface area contributed by atoms with Gasteiger partial charge in [0.15, 0.2) is 0 Å². The van der Waals surface area contributed by atoms with Crippen molar-refractivity contribution < 1.29 is 22.7 Å². The van der Waals surface area contributed by atoms with Gasteiger partial charge in [0.1, 0.15) is 6.10 Å². The first kappa shape index (κ1) is 19.0. The Kier molecular flexibility index (Phi) is 5.14. The molecule has 1 aliphatic heterocycles. The Hall–Kier alpha value is -2.35. The molecule has 1 atom stereocenters. The lowest BCUT2D eigenvalue weighted by Crippen LogP contribution is -2.43. The molecule has 1 fully saturated rings. The standard InChI is InChI=1S/C20H22F3N3O2/c21-20(22,23)14-5-3-4-13(10-14)18-12-26(8-9-28-18)19(27)11-17-15-6-1-2-7-16(15)24-25-17/h3-5,10,18H,1-2,6-9,11-12H2,(H,24,25). The van der Waals surface area contributed by atoms with Gasteiger partial charge in [-0.05, 0) is 48.9 Å². The second-order valence-electron chi connectivity index (χ2n) is 7.33. The lowest BCUT2D eigenvalue weighted by atomic mass is 9.95. The fourth-order valence-corrected chi connectivity index (χ4v) is 3.94. The molecule has 0 radical (unpaired) electrons. The maximum absolute atomic E-state index is 13.0. The van der Waals surface area contributed by atoms with Crippen LogP contribution in [-0.2, 0) is 35.0 Å². The number of alkyl halides is 3. The number of ether oxygens (including phenoxy) is 1. The third-order valence-corrected chi connectivity index (χ3v) is 5.47. The molecule has 5 nitrogen and oxygen atoms in total. The number of morpholine rings is 1. The first-order valence-corrected chi connectivity index (χ1v) is 9.53. The number of aromatic amines is 1. The van der Waals surface area contributed by atoms with Gasteiger partial charge in [0.25, 0.3) is 0 Å². The summed E-state index contributed by atoms with van der Waals surface area (Å²) >= 11 is 0. The van der Waals surface area contributed by atoms with Gasteiger partial charge in [0, 0.05) is 12.2 Å². The van der Waals surface area contributed by atoms with Crippen molar-refractivity contribution in [2.75, 3.05) is 19.7 Å². The van der Waals surface area contributed by atoms with Crippen LogP contribution in [0.1, 0.15) is 47.0 Å². The van der Waals surface area contributed by atoms with Crippen LogP contribution >= 0.6 is 0 Å². The number of H-pyrrole nitrogens is 1. The summed E-state index contributed by atoms with van der Waals surface area (Å²) in [5.74, 6) is -0.0693. The number of rotatable bonds is 3. The number of aryl methyl sites for hydroxylation is 1.